The maximum atomic E-state index is 11.5. The van der Waals surface area contributed by atoms with Gasteiger partial charge in [0, 0.05) is 52.8 Å². The maximum Gasteiger partial charge on any atom is 0.265 e. The fourth-order valence-electron chi connectivity index (χ4n) is 7.58. The van der Waals surface area contributed by atoms with Crippen LogP contribution in [0.3, 0.4) is 0 Å². The molecule has 1 aliphatic carbocycles. The lowest BCUT2D eigenvalue weighted by molar-refractivity contribution is -0.437. The largest absolute Gasteiger partial charge is 0.367 e. The Morgan fingerprint density at radius 3 is 2.23 bits per heavy atom. The van der Waals surface area contributed by atoms with E-state index in [1.807, 2.05) is 30.3 Å². The van der Waals surface area contributed by atoms with Gasteiger partial charge in [0.1, 0.15) is 6.54 Å². The van der Waals surface area contributed by atoms with Gasteiger partial charge in [-0.15, -0.1) is 0 Å². The molecule has 5 rings (SSSR count). The molecule has 0 saturated carbocycles. The molecule has 2 aromatic carbocycles. The molecule has 0 fully saturated rings. The number of halogens is 1. The molecular weight excluding hydrogens is 656 g/mol. The van der Waals surface area contributed by atoms with Crippen molar-refractivity contribution in [2.24, 2.45) is 0 Å². The summed E-state index contributed by atoms with van der Waals surface area (Å²) in [6, 6.07) is 16.5. The van der Waals surface area contributed by atoms with Crippen molar-refractivity contribution >= 4 is 48.9 Å². The summed E-state index contributed by atoms with van der Waals surface area (Å²) in [4.78, 5) is 2.28. The van der Waals surface area contributed by atoms with Gasteiger partial charge in [-0.05, 0) is 68.7 Å². The lowest BCUT2D eigenvalue weighted by atomic mass is 9.78. The zero-order chi connectivity index (χ0) is 34.2. The van der Waals surface area contributed by atoms with Crippen LogP contribution in [0.1, 0.15) is 77.3 Å². The Morgan fingerprint density at radius 2 is 1.53 bits per heavy atom. The van der Waals surface area contributed by atoms with Gasteiger partial charge in [0.2, 0.25) is 5.69 Å². The van der Waals surface area contributed by atoms with Crippen LogP contribution in [0.5, 0.6) is 0 Å². The highest BCUT2D eigenvalue weighted by molar-refractivity contribution is 7.86. The Morgan fingerprint density at radius 1 is 0.894 bits per heavy atom. The van der Waals surface area contributed by atoms with E-state index in [1.165, 1.54) is 5.56 Å². The fourth-order valence-corrected chi connectivity index (χ4v) is 8.90. The van der Waals surface area contributed by atoms with Crippen LogP contribution < -0.4 is 4.90 Å². The summed E-state index contributed by atoms with van der Waals surface area (Å²) in [6.07, 6.45) is 10.5. The average molecular weight is 702 g/mol. The number of benzene rings is 2. The first-order valence-corrected chi connectivity index (χ1v) is 19.9. The molecule has 11 heteroatoms. The van der Waals surface area contributed by atoms with Gasteiger partial charge in [0.25, 0.3) is 20.2 Å². The van der Waals surface area contributed by atoms with Gasteiger partial charge in [-0.1, -0.05) is 74.0 Å². The highest BCUT2D eigenvalue weighted by Gasteiger charge is 2.45. The minimum absolute atomic E-state index is 0.0869. The molecule has 0 amide bonds. The lowest BCUT2D eigenvalue weighted by Gasteiger charge is -2.34. The summed E-state index contributed by atoms with van der Waals surface area (Å²) < 4.78 is 66.6. The van der Waals surface area contributed by atoms with Crippen LogP contribution in [-0.2, 0) is 31.1 Å². The van der Waals surface area contributed by atoms with Gasteiger partial charge < -0.3 is 4.90 Å². The molecule has 0 bridgehead atoms. The second kappa shape index (κ2) is 13.6. The van der Waals surface area contributed by atoms with E-state index in [-0.39, 0.29) is 28.4 Å². The number of nitrogens with zero attached hydrogens (tertiary/aromatic N) is 2. The first-order chi connectivity index (χ1) is 22.0. The number of anilines is 1. The predicted molar refractivity (Wildman–Crippen MR) is 190 cm³/mol. The summed E-state index contributed by atoms with van der Waals surface area (Å²) >= 11 is 7.12. The zero-order valence-electron chi connectivity index (χ0n) is 27.6. The topological polar surface area (TPSA) is 115 Å². The third-order valence-electron chi connectivity index (χ3n) is 9.99. The van der Waals surface area contributed by atoms with Gasteiger partial charge in [-0.25, -0.2) is 0 Å². The molecule has 1 unspecified atom stereocenters. The molecule has 3 aliphatic rings. The van der Waals surface area contributed by atoms with Crippen LogP contribution in [0.4, 0.5) is 11.4 Å². The standard InChI is InChI=1S/C36H45ClN2O6S2/c1-35(2)28-14-5-7-16-30(28)38(22-10-24-46(40,41)42)32(35)20-18-26-12-9-13-27(34(26)37)19-21-33-36(3,4)29-15-6-8-17-31(29)39(33)23-11-25-47(43,44)45/h5-8,14-20,33H,9-13,21-25H2,1-4H3,(H-,40,41,42,43,44,45)/p+1/b20-18+,27-19+. The van der Waals surface area contributed by atoms with E-state index in [0.717, 1.165) is 64.5 Å². The lowest BCUT2D eigenvalue weighted by Crippen LogP contribution is -2.42. The van der Waals surface area contributed by atoms with E-state index < -0.39 is 20.2 Å². The number of para-hydroxylation sites is 2. The van der Waals surface area contributed by atoms with Gasteiger partial charge >= 0.3 is 0 Å². The van der Waals surface area contributed by atoms with Crippen molar-refractivity contribution < 1.29 is 30.5 Å². The van der Waals surface area contributed by atoms with Crippen LogP contribution in [0.15, 0.2) is 82.9 Å². The third kappa shape index (κ3) is 7.78. The van der Waals surface area contributed by atoms with Crippen molar-refractivity contribution in [2.75, 3.05) is 29.5 Å². The Kier molecular flexibility index (Phi) is 10.3. The number of hydrogen-bond acceptors (Lipinski definition) is 5. The maximum absolute atomic E-state index is 11.5. The van der Waals surface area contributed by atoms with E-state index in [9.17, 15) is 25.9 Å². The fraction of sp³-hybridized carbons (Fsp3) is 0.472. The number of allylic oxidation sites excluding steroid dienone is 5. The van der Waals surface area contributed by atoms with Gasteiger partial charge in [0.05, 0.1) is 16.9 Å². The Labute approximate surface area is 285 Å². The molecule has 254 valence electrons. The van der Waals surface area contributed by atoms with Gasteiger partial charge in [-0.3, -0.25) is 9.11 Å². The predicted octanol–water partition coefficient (Wildman–Crippen LogP) is 7.33. The van der Waals surface area contributed by atoms with Crippen LogP contribution in [0, 0.1) is 0 Å². The van der Waals surface area contributed by atoms with Crippen LogP contribution in [0.2, 0.25) is 0 Å². The molecule has 2 heterocycles. The van der Waals surface area contributed by atoms with E-state index in [0.29, 0.717) is 25.9 Å². The van der Waals surface area contributed by atoms with E-state index in [2.05, 4.69) is 73.6 Å². The molecule has 0 saturated heterocycles. The molecule has 2 aromatic rings. The van der Waals surface area contributed by atoms with Crippen molar-refractivity contribution in [3.63, 3.8) is 0 Å². The number of rotatable bonds is 12. The summed E-state index contributed by atoms with van der Waals surface area (Å²) in [5.74, 6) is -0.571. The average Bonchev–Trinajstić information content (AvgIpc) is 3.33. The molecule has 0 spiro atoms. The normalized spacial score (nSPS) is 21.6. The molecule has 47 heavy (non-hydrogen) atoms. The van der Waals surface area contributed by atoms with Crippen LogP contribution in [-0.4, -0.2) is 66.9 Å². The van der Waals surface area contributed by atoms with Crippen molar-refractivity contribution in [2.45, 2.75) is 83.1 Å². The Balaban J connectivity index is 1.42. The molecular formula is C36H46ClN2O6S2+. The van der Waals surface area contributed by atoms with Gasteiger partial charge in [-0.2, -0.15) is 21.4 Å². The van der Waals surface area contributed by atoms with Crippen molar-refractivity contribution in [1.29, 1.82) is 0 Å². The van der Waals surface area contributed by atoms with Crippen molar-refractivity contribution in [1.82, 2.24) is 0 Å². The highest BCUT2D eigenvalue weighted by atomic mass is 35.5. The zero-order valence-corrected chi connectivity index (χ0v) is 30.0. The molecule has 2 N–H and O–H groups in total. The second-order valence-corrected chi connectivity index (χ2v) is 17.4. The van der Waals surface area contributed by atoms with Crippen molar-refractivity contribution in [3.8, 4) is 0 Å². The Hall–Kier alpha value is -2.76. The molecule has 0 radical (unpaired) electrons. The van der Waals surface area contributed by atoms with E-state index in [1.54, 1.807) is 0 Å². The van der Waals surface area contributed by atoms with Crippen molar-refractivity contribution in [3.05, 3.63) is 94.1 Å². The first kappa shape index (κ1) is 35.5. The van der Waals surface area contributed by atoms with Crippen LogP contribution in [0.25, 0.3) is 0 Å². The summed E-state index contributed by atoms with van der Waals surface area (Å²) in [7, 11) is -8.09. The number of hydrogen-bond donors (Lipinski definition) is 2. The summed E-state index contributed by atoms with van der Waals surface area (Å²) in [5, 5.41) is 0.755. The smallest absolute Gasteiger partial charge is 0.265 e. The first-order valence-electron chi connectivity index (χ1n) is 16.3. The van der Waals surface area contributed by atoms with Crippen LogP contribution >= 0.6 is 11.6 Å². The number of fused-ring (bicyclic) bond motifs is 2. The monoisotopic (exact) mass is 701 g/mol. The molecule has 0 aromatic heterocycles. The Bertz CT molecular complexity index is 1870. The molecule has 2 aliphatic heterocycles. The third-order valence-corrected chi connectivity index (χ3v) is 12.1. The second-order valence-electron chi connectivity index (χ2n) is 13.9. The summed E-state index contributed by atoms with van der Waals surface area (Å²) in [6.45, 7) is 9.76. The minimum atomic E-state index is -4.05. The van der Waals surface area contributed by atoms with E-state index in [4.69, 9.17) is 11.6 Å². The van der Waals surface area contributed by atoms with Gasteiger partial charge in [0.15, 0.2) is 5.71 Å². The minimum Gasteiger partial charge on any atom is -0.367 e. The molecule has 1 atom stereocenters. The highest BCUT2D eigenvalue weighted by Crippen LogP contribution is 2.47. The molecule has 8 nitrogen and oxygen atoms in total. The SMILES string of the molecule is CC1(C)C(/C=C/C2=C(Cl)C(=C/CC3N(CCCS(=O)(=O)O)c4ccccc4C3(C)C)/CCC2)=[N+](CCCS(=O)(=O)O)c2ccccc21. The summed E-state index contributed by atoms with van der Waals surface area (Å²) in [5.41, 5.74) is 7.24. The van der Waals surface area contributed by atoms with E-state index >= 15 is 0 Å². The quantitative estimate of drug-likeness (QED) is 0.176.